The Bertz CT molecular complexity index is 1200. The molecule has 168 valence electrons. The third-order valence-electron chi connectivity index (χ3n) is 4.74. The quantitative estimate of drug-likeness (QED) is 0.524. The number of anilines is 2. The van der Waals surface area contributed by atoms with E-state index >= 15 is 0 Å². The molecule has 0 amide bonds. The molecule has 0 spiro atoms. The van der Waals surface area contributed by atoms with Crippen molar-refractivity contribution in [3.05, 3.63) is 51.9 Å². The molecule has 2 aromatic heterocycles. The molecular weight excluding hydrogens is 422 g/mol. The first kappa shape index (κ1) is 23.0. The third-order valence-corrected chi connectivity index (χ3v) is 6.49. The van der Waals surface area contributed by atoms with Gasteiger partial charge >= 0.3 is 0 Å². The molecule has 1 atom stereocenters. The van der Waals surface area contributed by atoms with E-state index in [-0.39, 0.29) is 19.1 Å². The van der Waals surface area contributed by atoms with E-state index in [1.165, 1.54) is 10.8 Å². The van der Waals surface area contributed by atoms with E-state index in [4.69, 9.17) is 0 Å². The summed E-state index contributed by atoms with van der Waals surface area (Å²) in [6, 6.07) is 6.27. The summed E-state index contributed by atoms with van der Waals surface area (Å²) in [7, 11) is -1.07. The van der Waals surface area contributed by atoms with Crippen LogP contribution in [0, 0.1) is 12.8 Å². The van der Waals surface area contributed by atoms with Crippen LogP contribution in [0.25, 0.3) is 11.0 Å². The van der Waals surface area contributed by atoms with Gasteiger partial charge in [0, 0.05) is 35.4 Å². The molecule has 0 aliphatic heterocycles. The number of rotatable bonds is 7. The Morgan fingerprint density at radius 1 is 1.19 bits per heavy atom. The van der Waals surface area contributed by atoms with Gasteiger partial charge in [0.2, 0.25) is 5.95 Å². The molecule has 6 nitrogen and oxygen atoms in total. The zero-order valence-electron chi connectivity index (χ0n) is 18.1. The van der Waals surface area contributed by atoms with Gasteiger partial charge in [-0.05, 0) is 56.5 Å². The number of hydrogen-bond donors (Lipinski definition) is 1. The molecule has 0 saturated carbocycles. The van der Waals surface area contributed by atoms with Gasteiger partial charge in [-0.3, -0.25) is 13.6 Å². The zero-order valence-corrected chi connectivity index (χ0v) is 19.0. The summed E-state index contributed by atoms with van der Waals surface area (Å²) in [4.78, 5) is 21.9. The number of pyridine rings is 1. The van der Waals surface area contributed by atoms with Crippen LogP contribution in [0.5, 0.6) is 0 Å². The average Bonchev–Trinajstić information content (AvgIpc) is 2.67. The van der Waals surface area contributed by atoms with Gasteiger partial charge in [0.05, 0.1) is 16.4 Å². The maximum absolute atomic E-state index is 13.3. The standard InChI is InChI=1S/C22H26F2N4O2S.H2/c1-12(2)11-31(30)16-6-7-18(14(5)8-16)26-22-25-10-15-9-17(19(23)24)21(29)28(13(3)4)20(15)27-22;/h6-10,12-13,19H,11H2,1-5H3,(H,25,26,27);1H. The number of nitrogens with zero attached hydrogens (tertiary/aromatic N) is 3. The van der Waals surface area contributed by atoms with Gasteiger partial charge in [0.1, 0.15) is 5.65 Å². The molecule has 0 aliphatic carbocycles. The highest BCUT2D eigenvalue weighted by Crippen LogP contribution is 2.25. The van der Waals surface area contributed by atoms with E-state index in [1.807, 2.05) is 32.9 Å². The number of nitrogens with one attached hydrogen (secondary N) is 1. The van der Waals surface area contributed by atoms with Gasteiger partial charge in [-0.2, -0.15) is 4.98 Å². The fourth-order valence-corrected chi connectivity index (χ4v) is 4.60. The minimum atomic E-state index is -2.87. The second kappa shape index (κ2) is 9.21. The Balaban J connectivity index is 0.00000363. The van der Waals surface area contributed by atoms with Crippen molar-refractivity contribution < 1.29 is 14.4 Å². The highest BCUT2D eigenvalue weighted by Gasteiger charge is 2.20. The summed E-state index contributed by atoms with van der Waals surface area (Å²) >= 11 is 0. The number of fused-ring (bicyclic) bond motifs is 1. The predicted molar refractivity (Wildman–Crippen MR) is 122 cm³/mol. The van der Waals surface area contributed by atoms with E-state index in [1.54, 1.807) is 19.9 Å². The Hall–Kier alpha value is -2.68. The molecule has 0 aliphatic rings. The zero-order chi connectivity index (χ0) is 22.9. The van der Waals surface area contributed by atoms with Crippen LogP contribution in [-0.2, 0) is 10.8 Å². The topological polar surface area (TPSA) is 76.9 Å². The van der Waals surface area contributed by atoms with Gasteiger partial charge < -0.3 is 5.32 Å². The number of aromatic nitrogens is 3. The van der Waals surface area contributed by atoms with E-state index in [9.17, 15) is 17.8 Å². The molecule has 1 unspecified atom stereocenters. The lowest BCUT2D eigenvalue weighted by Gasteiger charge is -2.16. The van der Waals surface area contributed by atoms with Crippen LogP contribution in [0.3, 0.4) is 0 Å². The smallest absolute Gasteiger partial charge is 0.269 e. The summed E-state index contributed by atoms with van der Waals surface area (Å²) < 4.78 is 40.2. The second-order valence-corrected chi connectivity index (χ2v) is 9.65. The van der Waals surface area contributed by atoms with Gasteiger partial charge in [0.25, 0.3) is 12.0 Å². The van der Waals surface area contributed by atoms with Crippen molar-refractivity contribution in [2.24, 2.45) is 5.92 Å². The SMILES string of the molecule is Cc1cc(S(=O)CC(C)C)ccc1Nc1ncc2cc(C(F)F)c(=O)n(C(C)C)c2n1.[HH]. The summed E-state index contributed by atoms with van der Waals surface area (Å²) in [5.74, 6) is 1.16. The van der Waals surface area contributed by atoms with Crippen molar-refractivity contribution in [3.8, 4) is 0 Å². The monoisotopic (exact) mass is 450 g/mol. The number of aryl methyl sites for hydroxylation is 1. The maximum Gasteiger partial charge on any atom is 0.269 e. The highest BCUT2D eigenvalue weighted by atomic mass is 32.2. The van der Waals surface area contributed by atoms with Crippen molar-refractivity contribution >= 4 is 33.5 Å². The first-order valence-corrected chi connectivity index (χ1v) is 11.4. The first-order valence-electron chi connectivity index (χ1n) is 10.0. The van der Waals surface area contributed by atoms with E-state index in [0.29, 0.717) is 17.1 Å². The molecule has 9 heteroatoms. The van der Waals surface area contributed by atoms with Crippen molar-refractivity contribution in [2.45, 2.75) is 52.0 Å². The first-order chi connectivity index (χ1) is 14.6. The molecule has 31 heavy (non-hydrogen) atoms. The lowest BCUT2D eigenvalue weighted by Crippen LogP contribution is -2.26. The predicted octanol–water partition coefficient (Wildman–Crippen LogP) is 5.37. The van der Waals surface area contributed by atoms with E-state index < -0.39 is 28.3 Å². The Morgan fingerprint density at radius 2 is 1.90 bits per heavy atom. The van der Waals surface area contributed by atoms with Crippen LogP contribution in [0.15, 0.2) is 40.2 Å². The molecule has 0 saturated heterocycles. The van der Waals surface area contributed by atoms with Crippen molar-refractivity contribution in [3.63, 3.8) is 0 Å². The Morgan fingerprint density at radius 3 is 2.48 bits per heavy atom. The molecule has 0 fully saturated rings. The van der Waals surface area contributed by atoms with Gasteiger partial charge in [-0.1, -0.05) is 13.8 Å². The second-order valence-electron chi connectivity index (χ2n) is 8.15. The van der Waals surface area contributed by atoms with E-state index in [0.717, 1.165) is 22.2 Å². The van der Waals surface area contributed by atoms with Crippen LogP contribution in [0.4, 0.5) is 20.4 Å². The molecule has 2 heterocycles. The fraction of sp³-hybridized carbons (Fsp3) is 0.409. The van der Waals surface area contributed by atoms with Crippen molar-refractivity contribution in [1.29, 1.82) is 0 Å². The number of benzene rings is 1. The number of halogens is 2. The van der Waals surface area contributed by atoms with Crippen LogP contribution < -0.4 is 10.9 Å². The summed E-state index contributed by atoms with van der Waals surface area (Å²) in [5, 5.41) is 3.48. The largest absolute Gasteiger partial charge is 0.324 e. The summed E-state index contributed by atoms with van der Waals surface area (Å²) in [5.41, 5.74) is 0.566. The van der Waals surface area contributed by atoms with E-state index in [2.05, 4.69) is 15.3 Å². The van der Waals surface area contributed by atoms with Crippen molar-refractivity contribution in [1.82, 2.24) is 14.5 Å². The van der Waals surface area contributed by atoms with Gasteiger partial charge in [0.15, 0.2) is 0 Å². The minimum absolute atomic E-state index is 0. The number of alkyl halides is 2. The fourth-order valence-electron chi connectivity index (χ4n) is 3.27. The Labute approximate surface area is 183 Å². The van der Waals surface area contributed by atoms with Crippen molar-refractivity contribution in [2.75, 3.05) is 11.1 Å². The third kappa shape index (κ3) is 4.98. The molecule has 1 aromatic carbocycles. The maximum atomic E-state index is 13.3. The molecule has 0 bridgehead atoms. The van der Waals surface area contributed by atoms with Crippen LogP contribution in [0.1, 0.15) is 52.7 Å². The summed E-state index contributed by atoms with van der Waals surface area (Å²) in [6.07, 6.45) is -1.45. The normalized spacial score (nSPS) is 12.8. The Kier molecular flexibility index (Phi) is 6.83. The molecule has 3 rings (SSSR count). The van der Waals surface area contributed by atoms with Crippen LogP contribution in [0.2, 0.25) is 0 Å². The summed E-state index contributed by atoms with van der Waals surface area (Å²) in [6.45, 7) is 9.42. The molecule has 0 radical (unpaired) electrons. The molecule has 3 aromatic rings. The average molecular weight is 451 g/mol. The highest BCUT2D eigenvalue weighted by molar-refractivity contribution is 7.85. The molecule has 1 N–H and O–H groups in total. The van der Waals surface area contributed by atoms with Crippen LogP contribution >= 0.6 is 0 Å². The number of hydrogen-bond acceptors (Lipinski definition) is 5. The lowest BCUT2D eigenvalue weighted by molar-refractivity contribution is 0.149. The lowest BCUT2D eigenvalue weighted by atomic mass is 10.2. The van der Waals surface area contributed by atoms with Crippen LogP contribution in [-0.4, -0.2) is 24.5 Å². The van der Waals surface area contributed by atoms with Gasteiger partial charge in [-0.25, -0.2) is 13.8 Å². The van der Waals surface area contributed by atoms with Gasteiger partial charge in [-0.15, -0.1) is 0 Å². The molecular formula is C22H28F2N4O2S. The minimum Gasteiger partial charge on any atom is -0.324 e.